The third-order valence-electron chi connectivity index (χ3n) is 3.83. The first kappa shape index (κ1) is 12.4. The van der Waals surface area contributed by atoms with E-state index in [0.29, 0.717) is 17.2 Å². The Morgan fingerprint density at radius 1 is 1.35 bits per heavy atom. The van der Waals surface area contributed by atoms with Crippen molar-refractivity contribution in [3.05, 3.63) is 29.8 Å². The summed E-state index contributed by atoms with van der Waals surface area (Å²) in [5.41, 5.74) is 1.63. The number of hydrogen-bond donors (Lipinski definition) is 1. The number of phenols is 1. The molecule has 0 saturated carbocycles. The van der Waals surface area contributed by atoms with Crippen molar-refractivity contribution in [2.45, 2.75) is 39.7 Å². The summed E-state index contributed by atoms with van der Waals surface area (Å²) in [6.07, 6.45) is 2.59. The Morgan fingerprint density at radius 3 is 2.76 bits per heavy atom. The fourth-order valence-corrected chi connectivity index (χ4v) is 2.79. The van der Waals surface area contributed by atoms with Crippen molar-refractivity contribution in [3.8, 4) is 5.75 Å². The molecule has 1 N–H and O–H groups in total. The van der Waals surface area contributed by atoms with E-state index in [9.17, 15) is 5.11 Å². The molecular formula is C15H23NO. The average Bonchev–Trinajstić information content (AvgIpc) is 2.26. The molecule has 1 aromatic carbocycles. The summed E-state index contributed by atoms with van der Waals surface area (Å²) in [5.74, 6) is 0.366. The van der Waals surface area contributed by atoms with Crippen molar-refractivity contribution in [3.63, 3.8) is 0 Å². The van der Waals surface area contributed by atoms with Crippen molar-refractivity contribution >= 4 is 0 Å². The van der Waals surface area contributed by atoms with Crippen LogP contribution >= 0.6 is 0 Å². The predicted octanol–water partition coefficient (Wildman–Crippen LogP) is 3.58. The maximum absolute atomic E-state index is 9.54. The van der Waals surface area contributed by atoms with Crippen molar-refractivity contribution in [1.29, 1.82) is 0 Å². The zero-order chi connectivity index (χ0) is 12.5. The summed E-state index contributed by atoms with van der Waals surface area (Å²) in [6, 6.07) is 8.03. The van der Waals surface area contributed by atoms with Crippen LogP contribution in [0.15, 0.2) is 24.3 Å². The number of aromatic hydroxyl groups is 1. The topological polar surface area (TPSA) is 23.5 Å². The SMILES string of the molecule is CC(c1cccc(O)c1)N1CCCC(C)(C)C1. The van der Waals surface area contributed by atoms with Crippen molar-refractivity contribution < 1.29 is 5.11 Å². The highest BCUT2D eigenvalue weighted by atomic mass is 16.3. The molecule has 1 heterocycles. The van der Waals surface area contributed by atoms with Crippen molar-refractivity contribution in [1.82, 2.24) is 4.90 Å². The van der Waals surface area contributed by atoms with E-state index in [2.05, 4.69) is 31.7 Å². The van der Waals surface area contributed by atoms with Crippen LogP contribution in [-0.4, -0.2) is 23.1 Å². The first-order chi connectivity index (χ1) is 7.98. The first-order valence-corrected chi connectivity index (χ1v) is 6.51. The monoisotopic (exact) mass is 233 g/mol. The molecule has 1 aliphatic heterocycles. The summed E-state index contributed by atoms with van der Waals surface area (Å²) < 4.78 is 0. The third kappa shape index (κ3) is 3.01. The molecule has 1 atom stereocenters. The second-order valence-electron chi connectivity index (χ2n) is 6.01. The van der Waals surface area contributed by atoms with Crippen LogP contribution in [0.5, 0.6) is 5.75 Å². The molecule has 1 unspecified atom stereocenters. The van der Waals surface area contributed by atoms with Gasteiger partial charge in [0, 0.05) is 12.6 Å². The van der Waals surface area contributed by atoms with Gasteiger partial charge in [0.15, 0.2) is 0 Å². The molecular weight excluding hydrogens is 210 g/mol. The normalized spacial score (nSPS) is 22.3. The van der Waals surface area contributed by atoms with E-state index >= 15 is 0 Å². The maximum atomic E-state index is 9.54. The molecule has 1 aromatic rings. The number of rotatable bonds is 2. The number of piperidine rings is 1. The lowest BCUT2D eigenvalue weighted by atomic mass is 9.83. The van der Waals surface area contributed by atoms with Gasteiger partial charge in [-0.05, 0) is 49.4 Å². The van der Waals surface area contributed by atoms with E-state index in [1.807, 2.05) is 12.1 Å². The molecule has 0 radical (unpaired) electrons. The van der Waals surface area contributed by atoms with Crippen LogP contribution < -0.4 is 0 Å². The summed E-state index contributed by atoms with van der Waals surface area (Å²) >= 11 is 0. The second-order valence-corrected chi connectivity index (χ2v) is 6.01. The van der Waals surface area contributed by atoms with Gasteiger partial charge in [0.25, 0.3) is 0 Å². The number of likely N-dealkylation sites (tertiary alicyclic amines) is 1. The zero-order valence-electron chi connectivity index (χ0n) is 11.1. The maximum Gasteiger partial charge on any atom is 0.115 e. The molecule has 2 rings (SSSR count). The summed E-state index contributed by atoms with van der Waals surface area (Å²) in [6.45, 7) is 9.23. The second kappa shape index (κ2) is 4.69. The van der Waals surface area contributed by atoms with Gasteiger partial charge in [0.1, 0.15) is 5.75 Å². The number of nitrogens with zero attached hydrogens (tertiary/aromatic N) is 1. The van der Waals surface area contributed by atoms with Gasteiger partial charge in [0.05, 0.1) is 0 Å². The van der Waals surface area contributed by atoms with E-state index in [-0.39, 0.29) is 0 Å². The van der Waals surface area contributed by atoms with Crippen LogP contribution in [-0.2, 0) is 0 Å². The number of benzene rings is 1. The highest BCUT2D eigenvalue weighted by Crippen LogP contribution is 2.33. The molecule has 94 valence electrons. The van der Waals surface area contributed by atoms with Crippen LogP contribution in [0.4, 0.5) is 0 Å². The Bertz CT molecular complexity index is 386. The van der Waals surface area contributed by atoms with E-state index in [1.54, 1.807) is 6.07 Å². The highest BCUT2D eigenvalue weighted by molar-refractivity contribution is 5.29. The fraction of sp³-hybridized carbons (Fsp3) is 0.600. The van der Waals surface area contributed by atoms with Crippen LogP contribution in [0, 0.1) is 5.41 Å². The van der Waals surface area contributed by atoms with Gasteiger partial charge in [-0.1, -0.05) is 26.0 Å². The summed E-state index contributed by atoms with van der Waals surface area (Å²) in [5, 5.41) is 9.54. The van der Waals surface area contributed by atoms with Gasteiger partial charge >= 0.3 is 0 Å². The van der Waals surface area contributed by atoms with E-state index in [1.165, 1.54) is 24.9 Å². The third-order valence-corrected chi connectivity index (χ3v) is 3.83. The minimum absolute atomic E-state index is 0.366. The molecule has 17 heavy (non-hydrogen) atoms. The van der Waals surface area contributed by atoms with Gasteiger partial charge in [0.2, 0.25) is 0 Å². The van der Waals surface area contributed by atoms with E-state index in [4.69, 9.17) is 0 Å². The summed E-state index contributed by atoms with van der Waals surface area (Å²) in [7, 11) is 0. The molecule has 1 saturated heterocycles. The van der Waals surface area contributed by atoms with Crippen LogP contribution in [0.1, 0.15) is 45.2 Å². The van der Waals surface area contributed by atoms with E-state index in [0.717, 1.165) is 6.54 Å². The van der Waals surface area contributed by atoms with Crippen LogP contribution in [0.2, 0.25) is 0 Å². The van der Waals surface area contributed by atoms with Gasteiger partial charge in [-0.15, -0.1) is 0 Å². The minimum Gasteiger partial charge on any atom is -0.508 e. The Hall–Kier alpha value is -1.02. The lowest BCUT2D eigenvalue weighted by molar-refractivity contribution is 0.0845. The molecule has 1 fully saturated rings. The molecule has 0 bridgehead atoms. The molecule has 2 nitrogen and oxygen atoms in total. The van der Waals surface area contributed by atoms with Gasteiger partial charge < -0.3 is 5.11 Å². The van der Waals surface area contributed by atoms with Crippen molar-refractivity contribution in [2.75, 3.05) is 13.1 Å². The van der Waals surface area contributed by atoms with E-state index < -0.39 is 0 Å². The van der Waals surface area contributed by atoms with Gasteiger partial charge in [-0.3, -0.25) is 4.90 Å². The lowest BCUT2D eigenvalue weighted by Crippen LogP contribution is -2.41. The quantitative estimate of drug-likeness (QED) is 0.844. The fourth-order valence-electron chi connectivity index (χ4n) is 2.79. The lowest BCUT2D eigenvalue weighted by Gasteiger charge is -2.41. The Balaban J connectivity index is 2.12. The zero-order valence-corrected chi connectivity index (χ0v) is 11.1. The molecule has 2 heteroatoms. The molecule has 0 amide bonds. The Morgan fingerprint density at radius 2 is 2.12 bits per heavy atom. The van der Waals surface area contributed by atoms with Gasteiger partial charge in [-0.2, -0.15) is 0 Å². The Kier molecular flexibility index (Phi) is 3.43. The predicted molar refractivity (Wildman–Crippen MR) is 71.1 cm³/mol. The standard InChI is InChI=1S/C15H23NO/c1-12(13-6-4-7-14(17)10-13)16-9-5-8-15(2,3)11-16/h4,6-7,10,12,17H,5,8-9,11H2,1-3H3. The Labute approximate surface area is 104 Å². The van der Waals surface area contributed by atoms with Crippen LogP contribution in [0.25, 0.3) is 0 Å². The van der Waals surface area contributed by atoms with Crippen molar-refractivity contribution in [2.24, 2.45) is 5.41 Å². The minimum atomic E-state index is 0.366. The van der Waals surface area contributed by atoms with Crippen LogP contribution in [0.3, 0.4) is 0 Å². The molecule has 1 aliphatic rings. The molecule has 0 aliphatic carbocycles. The largest absolute Gasteiger partial charge is 0.508 e. The number of phenolic OH excluding ortho intramolecular Hbond substituents is 1. The first-order valence-electron chi connectivity index (χ1n) is 6.51. The molecule has 0 aromatic heterocycles. The average molecular weight is 233 g/mol. The smallest absolute Gasteiger partial charge is 0.115 e. The van der Waals surface area contributed by atoms with Gasteiger partial charge in [-0.25, -0.2) is 0 Å². The highest BCUT2D eigenvalue weighted by Gasteiger charge is 2.29. The number of hydrogen-bond acceptors (Lipinski definition) is 2. The summed E-state index contributed by atoms with van der Waals surface area (Å²) in [4.78, 5) is 2.53. The molecule has 0 spiro atoms.